The number of aliphatic carboxylic acids is 2. The number of alkyl halides is 6. The summed E-state index contributed by atoms with van der Waals surface area (Å²) in [4.78, 5) is 24.5. The van der Waals surface area contributed by atoms with Crippen LogP contribution in [0.3, 0.4) is 0 Å². The Balaban J connectivity index is 0.000000383. The third-order valence-corrected chi connectivity index (χ3v) is 6.56. The maximum absolute atomic E-state index is 11.7. The van der Waals surface area contributed by atoms with Crippen LogP contribution in [0.2, 0.25) is 0 Å². The van der Waals surface area contributed by atoms with Gasteiger partial charge in [-0.2, -0.15) is 26.3 Å². The van der Waals surface area contributed by atoms with Gasteiger partial charge in [0.1, 0.15) is 0 Å². The first-order chi connectivity index (χ1) is 16.4. The van der Waals surface area contributed by atoms with Crippen LogP contribution in [0.5, 0.6) is 0 Å². The summed E-state index contributed by atoms with van der Waals surface area (Å²) in [5.41, 5.74) is 0.949. The van der Waals surface area contributed by atoms with Gasteiger partial charge in [-0.25, -0.2) is 22.7 Å². The molecular formula is C19H25F6N3O7S. The van der Waals surface area contributed by atoms with Gasteiger partial charge in [-0.1, -0.05) is 6.07 Å². The van der Waals surface area contributed by atoms with Crippen molar-refractivity contribution in [1.82, 2.24) is 14.6 Å². The number of carboxylic acid groups (broad SMARTS) is 2. The Hall–Kier alpha value is -2.50. The van der Waals surface area contributed by atoms with E-state index in [2.05, 4.69) is 14.6 Å². The van der Waals surface area contributed by atoms with Crippen molar-refractivity contribution in [1.29, 1.82) is 0 Å². The number of aromatic nitrogens is 1. The van der Waals surface area contributed by atoms with Crippen LogP contribution in [0.4, 0.5) is 26.3 Å². The zero-order valence-electron chi connectivity index (χ0n) is 18.8. The molecule has 3 rings (SSSR count). The van der Waals surface area contributed by atoms with E-state index >= 15 is 0 Å². The first-order valence-electron chi connectivity index (χ1n) is 10.2. The average Bonchev–Trinajstić information content (AvgIpc) is 3.29. The third kappa shape index (κ3) is 10.2. The van der Waals surface area contributed by atoms with E-state index < -0.39 is 34.3 Å². The summed E-state index contributed by atoms with van der Waals surface area (Å²) in [6.45, 7) is 6.05. The highest BCUT2D eigenvalue weighted by molar-refractivity contribution is 7.89. The first kappa shape index (κ1) is 31.5. The number of hydrogen-bond donors (Lipinski definition) is 3. The average molecular weight is 553 g/mol. The van der Waals surface area contributed by atoms with Crippen molar-refractivity contribution >= 4 is 22.0 Å². The normalized spacial score (nSPS) is 22.0. The van der Waals surface area contributed by atoms with E-state index in [1.165, 1.54) is 0 Å². The lowest BCUT2D eigenvalue weighted by atomic mass is 9.81. The smallest absolute Gasteiger partial charge is 0.475 e. The monoisotopic (exact) mass is 553 g/mol. The van der Waals surface area contributed by atoms with Gasteiger partial charge in [-0.3, -0.25) is 9.88 Å². The Bertz CT molecular complexity index is 952. The molecular weight excluding hydrogens is 528 g/mol. The second-order valence-corrected chi connectivity index (χ2v) is 9.99. The summed E-state index contributed by atoms with van der Waals surface area (Å²) in [7, 11) is -3.16. The Morgan fingerprint density at radius 3 is 2.17 bits per heavy atom. The van der Waals surface area contributed by atoms with Crippen molar-refractivity contribution in [2.24, 2.45) is 11.3 Å². The molecule has 2 fully saturated rings. The van der Waals surface area contributed by atoms with Crippen molar-refractivity contribution < 1.29 is 59.3 Å². The number of carbonyl (C=O) groups is 2. The number of likely N-dealkylation sites (tertiary alicyclic amines) is 1. The van der Waals surface area contributed by atoms with Gasteiger partial charge in [0.05, 0.1) is 24.7 Å². The van der Waals surface area contributed by atoms with E-state index in [-0.39, 0.29) is 11.2 Å². The topological polar surface area (TPSA) is 146 Å². The second-order valence-electron chi connectivity index (χ2n) is 7.90. The summed E-state index contributed by atoms with van der Waals surface area (Å²) in [6.07, 6.45) is -8.36. The highest BCUT2D eigenvalue weighted by atomic mass is 32.2. The molecule has 3 N–H and O–H groups in total. The van der Waals surface area contributed by atoms with E-state index in [0.29, 0.717) is 25.7 Å². The lowest BCUT2D eigenvalue weighted by Crippen LogP contribution is -2.43. The largest absolute Gasteiger partial charge is 0.490 e. The fourth-order valence-electron chi connectivity index (χ4n) is 3.39. The molecule has 0 unspecified atom stereocenters. The molecule has 0 amide bonds. The summed E-state index contributed by atoms with van der Waals surface area (Å²) >= 11 is 0. The van der Waals surface area contributed by atoms with Crippen LogP contribution in [0.15, 0.2) is 24.4 Å². The Labute approximate surface area is 202 Å². The van der Waals surface area contributed by atoms with Crippen LogP contribution in [-0.2, 0) is 30.9 Å². The fraction of sp³-hybridized carbons (Fsp3) is 0.632. The van der Waals surface area contributed by atoms with Crippen LogP contribution in [0, 0.1) is 11.3 Å². The number of rotatable bonds is 6. The van der Waals surface area contributed by atoms with Gasteiger partial charge in [0, 0.05) is 43.7 Å². The van der Waals surface area contributed by atoms with Crippen molar-refractivity contribution in [2.75, 3.05) is 38.6 Å². The van der Waals surface area contributed by atoms with Crippen molar-refractivity contribution in [3.8, 4) is 0 Å². The zero-order valence-corrected chi connectivity index (χ0v) is 19.7. The maximum Gasteiger partial charge on any atom is 0.490 e. The van der Waals surface area contributed by atoms with Gasteiger partial charge in [0.2, 0.25) is 10.0 Å². The quantitative estimate of drug-likeness (QED) is 0.449. The maximum atomic E-state index is 11.7. The lowest BCUT2D eigenvalue weighted by Gasteiger charge is -2.27. The van der Waals surface area contributed by atoms with Gasteiger partial charge >= 0.3 is 24.3 Å². The summed E-state index contributed by atoms with van der Waals surface area (Å²) in [5.74, 6) is -5.01. The number of carboxylic acids is 2. The van der Waals surface area contributed by atoms with Crippen LogP contribution in [0.25, 0.3) is 0 Å². The lowest BCUT2D eigenvalue weighted by molar-refractivity contribution is -0.193. The number of fused-ring (bicyclic) bond motifs is 1. The van der Waals surface area contributed by atoms with E-state index in [4.69, 9.17) is 24.5 Å². The molecule has 2 saturated heterocycles. The van der Waals surface area contributed by atoms with E-state index in [1.54, 1.807) is 13.1 Å². The van der Waals surface area contributed by atoms with Crippen molar-refractivity contribution in [3.63, 3.8) is 0 Å². The molecule has 0 saturated carbocycles. The minimum Gasteiger partial charge on any atom is -0.475 e. The highest BCUT2D eigenvalue weighted by Crippen LogP contribution is 2.41. The number of nitrogens with zero attached hydrogens (tertiary/aromatic N) is 2. The van der Waals surface area contributed by atoms with Crippen LogP contribution < -0.4 is 4.72 Å². The molecule has 2 aliphatic rings. The number of sulfonamides is 1. The highest BCUT2D eigenvalue weighted by Gasteiger charge is 2.50. The Morgan fingerprint density at radius 2 is 1.72 bits per heavy atom. The van der Waals surface area contributed by atoms with Gasteiger partial charge in [0.15, 0.2) is 0 Å². The SMILES string of the molecule is CCS(=O)(=O)NC[C@]12COC[C@H]1CN(Cc1ccccn1)C2.O=C(O)C(F)(F)F.O=C(O)C(F)(F)F. The fourth-order valence-corrected chi connectivity index (χ4v) is 4.10. The summed E-state index contributed by atoms with van der Waals surface area (Å²) in [6, 6.07) is 5.93. The van der Waals surface area contributed by atoms with Crippen molar-refractivity contribution in [2.45, 2.75) is 25.8 Å². The van der Waals surface area contributed by atoms with E-state index in [9.17, 15) is 34.8 Å². The van der Waals surface area contributed by atoms with Crippen LogP contribution in [-0.4, -0.2) is 91.4 Å². The van der Waals surface area contributed by atoms with Gasteiger partial charge in [-0.15, -0.1) is 0 Å². The molecule has 0 bridgehead atoms. The van der Waals surface area contributed by atoms with E-state index in [1.807, 2.05) is 18.2 Å². The second kappa shape index (κ2) is 12.6. The molecule has 17 heteroatoms. The predicted octanol–water partition coefficient (Wildman–Crippen LogP) is 1.74. The van der Waals surface area contributed by atoms with Gasteiger partial charge in [-0.05, 0) is 19.1 Å². The summed E-state index contributed by atoms with van der Waals surface area (Å²) < 4.78 is 95.3. The standard InChI is InChI=1S/C15H23N3O3S.2C2HF3O2/c1-2-22(19,20)17-10-15-11-18(7-13(15)9-21-12-15)8-14-5-3-4-6-16-14;2*3-2(4,5)1(6)7/h3-6,13,17H,2,7-12H2,1H3;2*(H,6,7)/t13-,15+;;/m1../s1. The number of ether oxygens (including phenoxy) is 1. The molecule has 2 aliphatic heterocycles. The number of halogens is 6. The molecule has 0 aliphatic carbocycles. The molecule has 0 radical (unpaired) electrons. The molecule has 0 spiro atoms. The Kier molecular flexibility index (Phi) is 11.1. The van der Waals surface area contributed by atoms with Crippen molar-refractivity contribution in [3.05, 3.63) is 30.1 Å². The molecule has 36 heavy (non-hydrogen) atoms. The zero-order chi connectivity index (χ0) is 27.8. The number of hydrogen-bond acceptors (Lipinski definition) is 7. The Morgan fingerprint density at radius 1 is 1.17 bits per heavy atom. The van der Waals surface area contributed by atoms with Gasteiger partial charge < -0.3 is 14.9 Å². The number of pyridine rings is 1. The summed E-state index contributed by atoms with van der Waals surface area (Å²) in [5, 5.41) is 14.2. The van der Waals surface area contributed by atoms with E-state index in [0.717, 1.165) is 25.3 Å². The minimum atomic E-state index is -5.08. The first-order valence-corrected chi connectivity index (χ1v) is 11.8. The molecule has 3 heterocycles. The van der Waals surface area contributed by atoms with Gasteiger partial charge in [0.25, 0.3) is 0 Å². The number of nitrogens with one attached hydrogen (secondary N) is 1. The molecule has 0 aromatic carbocycles. The predicted molar refractivity (Wildman–Crippen MR) is 111 cm³/mol. The molecule has 206 valence electrons. The molecule has 1 aromatic heterocycles. The van der Waals surface area contributed by atoms with Crippen LogP contribution in [0.1, 0.15) is 12.6 Å². The van der Waals surface area contributed by atoms with Crippen LogP contribution >= 0.6 is 0 Å². The molecule has 10 nitrogen and oxygen atoms in total. The minimum absolute atomic E-state index is 0.100. The molecule has 2 atom stereocenters. The molecule has 1 aromatic rings. The third-order valence-electron chi connectivity index (χ3n) is 5.21.